The van der Waals surface area contributed by atoms with E-state index in [0.717, 1.165) is 50.3 Å². The first kappa shape index (κ1) is 40.5. The molecule has 6 rings (SSSR count). The molecule has 2 atom stereocenters. The number of sulfonamides is 1. The average Bonchev–Trinajstić information content (AvgIpc) is 3.73. The minimum absolute atomic E-state index is 0.0258. The van der Waals surface area contributed by atoms with Crippen molar-refractivity contribution < 1.29 is 23.1 Å². The monoisotopic (exact) mass is 788 g/mol. The molecule has 2 saturated heterocycles. The lowest BCUT2D eigenvalue weighted by Gasteiger charge is -2.41. The van der Waals surface area contributed by atoms with Crippen molar-refractivity contribution in [1.82, 2.24) is 40.2 Å². The maximum absolute atomic E-state index is 13.5. The molecule has 2 fully saturated rings. The highest BCUT2D eigenvalue weighted by atomic mass is 35.5. The summed E-state index contributed by atoms with van der Waals surface area (Å²) < 4.78 is 25.9. The smallest absolute Gasteiger partial charge is 0.348 e. The van der Waals surface area contributed by atoms with E-state index >= 15 is 0 Å². The number of carboxylic acid groups (broad SMARTS) is 1. The van der Waals surface area contributed by atoms with Crippen LogP contribution in [0, 0.1) is 0 Å². The highest BCUT2D eigenvalue weighted by molar-refractivity contribution is 7.92. The molecule has 0 bridgehead atoms. The first-order valence-corrected chi connectivity index (χ1v) is 20.7. The summed E-state index contributed by atoms with van der Waals surface area (Å²) >= 11 is 7.09. The zero-order chi connectivity index (χ0) is 38.6. The number of aromatic carboxylic acids is 1. The molecule has 2 unspecified atom stereocenters. The number of amides is 1. The van der Waals surface area contributed by atoms with Gasteiger partial charge in [0.05, 0.1) is 35.9 Å². The maximum atomic E-state index is 13.5. The van der Waals surface area contributed by atoms with Crippen molar-refractivity contribution >= 4 is 67.1 Å². The SMILES string of the molecule is CC(C)N1CCN(Cc2nc(C(=O)Nc3cc(-c4cnc(Cl)c(NS(C)(=O)=O)c4)cc4[nH]ncc34)c(C(=O)O)s2)CC1C.CC(C)N1CCNCC1C. The number of nitrogens with zero attached hydrogens (tertiary/aromatic N) is 6. The molecular weight excluding hydrogens is 740 g/mol. The molecule has 5 N–H and O–H groups in total. The number of benzene rings is 1. The fourth-order valence-electron chi connectivity index (χ4n) is 6.88. The molecule has 4 aromatic rings. The third kappa shape index (κ3) is 10.3. The minimum atomic E-state index is -3.61. The number of pyridine rings is 1. The first-order valence-electron chi connectivity index (χ1n) is 17.6. The van der Waals surface area contributed by atoms with E-state index in [9.17, 15) is 23.1 Å². The predicted molar refractivity (Wildman–Crippen MR) is 211 cm³/mol. The highest BCUT2D eigenvalue weighted by Gasteiger charge is 2.29. The van der Waals surface area contributed by atoms with Crippen LogP contribution in [0.4, 0.5) is 11.4 Å². The Labute approximate surface area is 319 Å². The van der Waals surface area contributed by atoms with Gasteiger partial charge in [0.1, 0.15) is 9.88 Å². The molecule has 0 aliphatic carbocycles. The zero-order valence-corrected chi connectivity index (χ0v) is 33.5. The Morgan fingerprint density at radius 1 is 1.02 bits per heavy atom. The van der Waals surface area contributed by atoms with Gasteiger partial charge in [-0.15, -0.1) is 11.3 Å². The molecule has 2 aliphatic rings. The van der Waals surface area contributed by atoms with E-state index < -0.39 is 21.9 Å². The lowest BCUT2D eigenvalue weighted by atomic mass is 10.0. The first-order chi connectivity index (χ1) is 25.0. The summed E-state index contributed by atoms with van der Waals surface area (Å²) in [6.07, 6.45) is 4.01. The second-order valence-electron chi connectivity index (χ2n) is 14.1. The van der Waals surface area contributed by atoms with Crippen LogP contribution in [0.1, 0.15) is 66.7 Å². The third-order valence-electron chi connectivity index (χ3n) is 9.36. The van der Waals surface area contributed by atoms with E-state index in [1.165, 1.54) is 25.0 Å². The van der Waals surface area contributed by atoms with Crippen LogP contribution in [-0.4, -0.2) is 130 Å². The van der Waals surface area contributed by atoms with Gasteiger partial charge in [-0.3, -0.25) is 29.3 Å². The molecule has 1 aromatic carbocycles. The summed E-state index contributed by atoms with van der Waals surface area (Å²) in [5.41, 5.74) is 1.93. The van der Waals surface area contributed by atoms with Crippen LogP contribution in [0.5, 0.6) is 0 Å². The number of fused-ring (bicyclic) bond motifs is 1. The summed E-state index contributed by atoms with van der Waals surface area (Å²) in [5.74, 6) is -1.90. The fourth-order valence-corrected chi connectivity index (χ4v) is 8.59. The Morgan fingerprint density at radius 3 is 2.34 bits per heavy atom. The number of carbonyl (C=O) groups excluding carboxylic acids is 1. The lowest BCUT2D eigenvalue weighted by Crippen LogP contribution is -2.53. The van der Waals surface area contributed by atoms with Crippen molar-refractivity contribution in [3.8, 4) is 11.1 Å². The molecule has 53 heavy (non-hydrogen) atoms. The number of H-pyrrole nitrogens is 1. The van der Waals surface area contributed by atoms with Crippen LogP contribution < -0.4 is 15.4 Å². The van der Waals surface area contributed by atoms with E-state index in [1.807, 2.05) is 0 Å². The number of hydrogen-bond acceptors (Lipinski definition) is 12. The number of piperazine rings is 2. The van der Waals surface area contributed by atoms with Crippen LogP contribution in [0.25, 0.3) is 22.0 Å². The van der Waals surface area contributed by atoms with Gasteiger partial charge in [0.15, 0.2) is 10.8 Å². The number of carboxylic acids is 1. The topological polar surface area (TPSA) is 189 Å². The fraction of sp³-hybridized carbons (Fsp3) is 0.514. The molecule has 18 heteroatoms. The average molecular weight is 789 g/mol. The number of aromatic nitrogens is 4. The zero-order valence-electron chi connectivity index (χ0n) is 31.1. The normalized spacial score (nSPS) is 19.0. The molecule has 0 spiro atoms. The van der Waals surface area contributed by atoms with Gasteiger partial charge < -0.3 is 15.7 Å². The molecular formula is C35H49ClN10O5S2. The van der Waals surface area contributed by atoms with Crippen LogP contribution in [0.3, 0.4) is 0 Å². The Hall–Kier alpha value is -3.71. The predicted octanol–water partition coefficient (Wildman–Crippen LogP) is 4.66. The Morgan fingerprint density at radius 2 is 1.72 bits per heavy atom. The van der Waals surface area contributed by atoms with Gasteiger partial charge in [-0.1, -0.05) is 11.6 Å². The summed E-state index contributed by atoms with van der Waals surface area (Å²) in [5, 5.41) is 24.1. The summed E-state index contributed by atoms with van der Waals surface area (Å²) in [6, 6.07) is 7.15. The molecule has 1 amide bonds. The van der Waals surface area contributed by atoms with E-state index in [0.29, 0.717) is 63.4 Å². The van der Waals surface area contributed by atoms with Gasteiger partial charge in [-0.25, -0.2) is 23.2 Å². The largest absolute Gasteiger partial charge is 0.477 e. The standard InChI is InChI=1S/C27H31ClN8O5S2.C8H18N2/c1-14(2)36-6-5-35(12-15(36)3)13-22-32-23(24(42-22)27(38)39)26(37)31-19-7-16(8-20-18(19)11-30-33-20)17-9-21(25(28)29-10-17)34-43(4,40)41;1-7(2)10-5-4-9-6-8(10)3/h7-11,14-15,34H,5-6,12-13H2,1-4H3,(H,30,33)(H,31,37)(H,38,39);7-9H,4-6H2,1-3H3. The molecule has 3 aromatic heterocycles. The number of nitrogens with one attached hydrogen (secondary N) is 4. The van der Waals surface area contributed by atoms with E-state index in [-0.39, 0.29) is 21.4 Å². The van der Waals surface area contributed by atoms with Gasteiger partial charge in [0.25, 0.3) is 5.91 Å². The second kappa shape index (κ2) is 17.2. The van der Waals surface area contributed by atoms with E-state index in [4.69, 9.17) is 11.6 Å². The second-order valence-corrected chi connectivity index (χ2v) is 17.3. The van der Waals surface area contributed by atoms with Crippen LogP contribution in [0.15, 0.2) is 30.6 Å². The van der Waals surface area contributed by atoms with E-state index in [1.54, 1.807) is 12.1 Å². The van der Waals surface area contributed by atoms with Gasteiger partial charge in [0, 0.05) is 80.6 Å². The van der Waals surface area contributed by atoms with Crippen molar-refractivity contribution in [3.05, 3.63) is 51.3 Å². The molecule has 0 saturated carbocycles. The number of carbonyl (C=O) groups is 2. The van der Waals surface area contributed by atoms with Crippen LogP contribution in [-0.2, 0) is 16.6 Å². The lowest BCUT2D eigenvalue weighted by molar-refractivity contribution is 0.0563. The van der Waals surface area contributed by atoms with Gasteiger partial charge in [-0.05, 0) is 65.3 Å². The molecule has 2 aliphatic heterocycles. The molecule has 0 radical (unpaired) electrons. The number of hydrogen-bond donors (Lipinski definition) is 5. The van der Waals surface area contributed by atoms with Crippen molar-refractivity contribution in [2.45, 2.75) is 72.3 Å². The quantitative estimate of drug-likeness (QED) is 0.140. The molecule has 288 valence electrons. The van der Waals surface area contributed by atoms with Crippen molar-refractivity contribution in [2.75, 3.05) is 55.6 Å². The van der Waals surface area contributed by atoms with Crippen molar-refractivity contribution in [2.24, 2.45) is 0 Å². The maximum Gasteiger partial charge on any atom is 0.348 e. The van der Waals surface area contributed by atoms with Gasteiger partial charge in [0.2, 0.25) is 10.0 Å². The van der Waals surface area contributed by atoms with Gasteiger partial charge >= 0.3 is 5.97 Å². The Bertz CT molecular complexity index is 2040. The molecule has 5 heterocycles. The van der Waals surface area contributed by atoms with Crippen LogP contribution in [0.2, 0.25) is 5.15 Å². The number of rotatable bonds is 10. The number of thiazole rings is 1. The summed E-state index contributed by atoms with van der Waals surface area (Å²) in [7, 11) is -3.61. The minimum Gasteiger partial charge on any atom is -0.477 e. The third-order valence-corrected chi connectivity index (χ3v) is 11.3. The number of halogens is 1. The highest BCUT2D eigenvalue weighted by Crippen LogP contribution is 2.33. The number of aromatic amines is 1. The van der Waals surface area contributed by atoms with Crippen LogP contribution >= 0.6 is 22.9 Å². The van der Waals surface area contributed by atoms with Crippen molar-refractivity contribution in [1.29, 1.82) is 0 Å². The van der Waals surface area contributed by atoms with E-state index in [2.05, 4.69) is 91.8 Å². The molecule has 15 nitrogen and oxygen atoms in total. The Kier molecular flexibility index (Phi) is 13.1. The summed E-state index contributed by atoms with van der Waals surface area (Å²) in [6.45, 7) is 19.8. The van der Waals surface area contributed by atoms with Crippen molar-refractivity contribution in [3.63, 3.8) is 0 Å². The van der Waals surface area contributed by atoms with Gasteiger partial charge in [-0.2, -0.15) is 5.10 Å². The Balaban J connectivity index is 0.000000469. The number of anilines is 2. The summed E-state index contributed by atoms with van der Waals surface area (Å²) in [4.78, 5) is 41.2.